The van der Waals surface area contributed by atoms with Gasteiger partial charge in [-0.05, 0) is 12.1 Å². The van der Waals surface area contributed by atoms with Crippen LogP contribution in [-0.2, 0) is 0 Å². The molecule has 4 heteroatoms. The first kappa shape index (κ1) is 9.73. The number of halogens is 2. The van der Waals surface area contributed by atoms with Crippen molar-refractivity contribution in [3.8, 4) is 0 Å². The molecule has 0 atom stereocenters. The van der Waals surface area contributed by atoms with Crippen molar-refractivity contribution in [2.75, 3.05) is 0 Å². The number of nitrogens with zero attached hydrogens (tertiary/aromatic N) is 1. The Morgan fingerprint density at radius 3 is 2.33 bits per heavy atom. The van der Waals surface area contributed by atoms with Gasteiger partial charge in [-0.1, -0.05) is 23.2 Å². The minimum absolute atomic E-state index is 0. The maximum atomic E-state index is 5.51. The molecule has 1 aromatic heterocycles. The summed E-state index contributed by atoms with van der Waals surface area (Å²) in [5.74, 6) is 0. The first-order chi connectivity index (χ1) is 3.80. The van der Waals surface area contributed by atoms with E-state index in [9.17, 15) is 0 Å². The average Bonchev–Trinajstić information content (AvgIpc) is 1.77. The molecule has 0 saturated carbocycles. The van der Waals surface area contributed by atoms with Gasteiger partial charge in [0.15, 0.2) is 0 Å². The summed E-state index contributed by atoms with van der Waals surface area (Å²) in [4.78, 5) is 3.71. The number of rotatable bonds is 0. The van der Waals surface area contributed by atoms with Gasteiger partial charge in [-0.15, -0.1) is 0 Å². The van der Waals surface area contributed by atoms with Gasteiger partial charge in [-0.25, -0.2) is 4.98 Å². The van der Waals surface area contributed by atoms with Crippen LogP contribution in [0.3, 0.4) is 0 Å². The van der Waals surface area contributed by atoms with E-state index in [2.05, 4.69) is 4.98 Å². The topological polar surface area (TPSA) is 12.9 Å². The summed E-state index contributed by atoms with van der Waals surface area (Å²) in [6.45, 7) is 0. The fourth-order valence-electron chi connectivity index (χ4n) is 0.366. The maximum Gasteiger partial charge on any atom is 0.147 e. The third-order valence-corrected chi connectivity index (χ3v) is 1.42. The van der Waals surface area contributed by atoms with Crippen LogP contribution in [0.4, 0.5) is 0 Å². The Bertz CT molecular complexity index is 171. The van der Waals surface area contributed by atoms with Crippen molar-refractivity contribution in [1.29, 1.82) is 0 Å². The van der Waals surface area contributed by atoms with E-state index in [0.29, 0.717) is 10.2 Å². The molecule has 0 spiro atoms. The van der Waals surface area contributed by atoms with E-state index < -0.39 is 0 Å². The van der Waals surface area contributed by atoms with Gasteiger partial charge in [0, 0.05) is 35.8 Å². The molecule has 1 rings (SSSR count). The molecule has 0 aliphatic heterocycles. The molecule has 1 nitrogen and oxygen atoms in total. The summed E-state index contributed by atoms with van der Waals surface area (Å²) in [6, 6.07) is 3.42. The van der Waals surface area contributed by atoms with E-state index in [1.165, 1.54) is 0 Å². The molecule has 1 radical (unpaired) electrons. The second kappa shape index (κ2) is 4.53. The monoisotopic (exact) mass is 170 g/mol. The van der Waals surface area contributed by atoms with Crippen molar-refractivity contribution in [3.63, 3.8) is 0 Å². The smallest absolute Gasteiger partial charge is 0.147 e. The Balaban J connectivity index is 0.000000640. The molecular formula is C5H3Cl2NNa. The van der Waals surface area contributed by atoms with E-state index in [0.717, 1.165) is 0 Å². The molecule has 0 bridgehead atoms. The van der Waals surface area contributed by atoms with Crippen LogP contribution < -0.4 is 0 Å². The third-order valence-electron chi connectivity index (χ3n) is 0.714. The molecule has 0 aliphatic rings. The molecule has 0 fully saturated rings. The zero-order valence-electron chi connectivity index (χ0n) is 4.94. The predicted molar refractivity (Wildman–Crippen MR) is 40.0 cm³/mol. The van der Waals surface area contributed by atoms with Gasteiger partial charge < -0.3 is 0 Å². The summed E-state index contributed by atoms with van der Waals surface area (Å²) >= 11 is 11.0. The van der Waals surface area contributed by atoms with Crippen molar-refractivity contribution in [3.05, 3.63) is 28.5 Å². The molecule has 0 saturated heterocycles. The quantitative estimate of drug-likeness (QED) is 0.429. The van der Waals surface area contributed by atoms with Gasteiger partial charge in [0.2, 0.25) is 0 Å². The van der Waals surface area contributed by atoms with Gasteiger partial charge in [-0.3, -0.25) is 0 Å². The van der Waals surface area contributed by atoms with Crippen LogP contribution in [0.5, 0.6) is 0 Å². The van der Waals surface area contributed by atoms with Crippen LogP contribution in [0, 0.1) is 0 Å². The van der Waals surface area contributed by atoms with Crippen LogP contribution in [0.15, 0.2) is 18.3 Å². The van der Waals surface area contributed by atoms with E-state index in [4.69, 9.17) is 23.2 Å². The molecule has 0 aromatic carbocycles. The van der Waals surface area contributed by atoms with E-state index in [-0.39, 0.29) is 29.6 Å². The number of aromatic nitrogens is 1. The first-order valence-electron chi connectivity index (χ1n) is 2.07. The number of pyridine rings is 1. The Labute approximate surface area is 85.7 Å². The summed E-state index contributed by atoms with van der Waals surface area (Å²) in [5.41, 5.74) is 0. The fraction of sp³-hybridized carbons (Fsp3) is 0. The predicted octanol–water partition coefficient (Wildman–Crippen LogP) is 2.01. The van der Waals surface area contributed by atoms with Gasteiger partial charge in [0.25, 0.3) is 0 Å². The molecule has 0 N–H and O–H groups in total. The van der Waals surface area contributed by atoms with Crippen molar-refractivity contribution in [1.82, 2.24) is 4.98 Å². The zero-order chi connectivity index (χ0) is 5.98. The third kappa shape index (κ3) is 2.87. The molecule has 1 aromatic rings. The van der Waals surface area contributed by atoms with Gasteiger partial charge >= 0.3 is 0 Å². The van der Waals surface area contributed by atoms with Crippen LogP contribution >= 0.6 is 23.2 Å². The van der Waals surface area contributed by atoms with Gasteiger partial charge in [-0.2, -0.15) is 0 Å². The van der Waals surface area contributed by atoms with Crippen molar-refractivity contribution in [2.45, 2.75) is 0 Å². The maximum absolute atomic E-state index is 5.51. The largest absolute Gasteiger partial charge is 0.243 e. The Morgan fingerprint density at radius 2 is 2.00 bits per heavy atom. The van der Waals surface area contributed by atoms with Crippen LogP contribution in [0.1, 0.15) is 0 Å². The Morgan fingerprint density at radius 1 is 1.33 bits per heavy atom. The summed E-state index contributed by atoms with van der Waals surface area (Å²) in [6.07, 6.45) is 1.59. The SMILES string of the molecule is Clc1cccnc1Cl.[Na]. The van der Waals surface area contributed by atoms with Crippen LogP contribution in [0.25, 0.3) is 0 Å². The zero-order valence-corrected chi connectivity index (χ0v) is 8.45. The van der Waals surface area contributed by atoms with E-state index in [1.807, 2.05) is 0 Å². The van der Waals surface area contributed by atoms with Gasteiger partial charge in [0.05, 0.1) is 5.02 Å². The second-order valence-electron chi connectivity index (χ2n) is 1.28. The van der Waals surface area contributed by atoms with Crippen molar-refractivity contribution >= 4 is 52.8 Å². The summed E-state index contributed by atoms with van der Waals surface area (Å²) in [7, 11) is 0. The minimum atomic E-state index is 0. The molecule has 0 amide bonds. The normalized spacial score (nSPS) is 8.22. The number of hydrogen-bond acceptors (Lipinski definition) is 1. The van der Waals surface area contributed by atoms with E-state index in [1.54, 1.807) is 18.3 Å². The number of hydrogen-bond donors (Lipinski definition) is 0. The molecule has 9 heavy (non-hydrogen) atoms. The van der Waals surface area contributed by atoms with Crippen LogP contribution in [-0.4, -0.2) is 34.5 Å². The Hall–Kier alpha value is 0.730. The van der Waals surface area contributed by atoms with Gasteiger partial charge in [0.1, 0.15) is 5.15 Å². The van der Waals surface area contributed by atoms with E-state index >= 15 is 0 Å². The minimum Gasteiger partial charge on any atom is -0.243 e. The molecular weight excluding hydrogens is 168 g/mol. The van der Waals surface area contributed by atoms with Crippen molar-refractivity contribution < 1.29 is 0 Å². The first-order valence-corrected chi connectivity index (χ1v) is 2.82. The molecule has 0 unspecified atom stereocenters. The fourth-order valence-corrected chi connectivity index (χ4v) is 0.607. The second-order valence-corrected chi connectivity index (χ2v) is 2.04. The summed E-state index contributed by atoms with van der Waals surface area (Å²) < 4.78 is 0. The Kier molecular flexibility index (Phi) is 4.90. The standard InChI is InChI=1S/C5H3Cl2N.Na/c6-4-2-1-3-8-5(4)7;/h1-3H;. The van der Waals surface area contributed by atoms with Crippen LogP contribution in [0.2, 0.25) is 10.2 Å². The molecule has 43 valence electrons. The molecule has 0 aliphatic carbocycles. The van der Waals surface area contributed by atoms with Crippen molar-refractivity contribution in [2.24, 2.45) is 0 Å². The molecule has 1 heterocycles. The average molecular weight is 171 g/mol. The summed E-state index contributed by atoms with van der Waals surface area (Å²) in [5, 5.41) is 0.850.